The van der Waals surface area contributed by atoms with Crippen molar-refractivity contribution in [3.05, 3.63) is 23.8 Å². The number of hydrogen-bond donors (Lipinski definition) is 1. The second kappa shape index (κ2) is 8.50. The Bertz CT molecular complexity index is 388. The molecule has 6 nitrogen and oxygen atoms in total. The summed E-state index contributed by atoms with van der Waals surface area (Å²) in [5.74, 6) is -1.13. The highest BCUT2D eigenvalue weighted by atomic mass is 16.6. The first-order chi connectivity index (χ1) is 9.56. The molecule has 2 heterocycles. The van der Waals surface area contributed by atoms with Gasteiger partial charge in [-0.3, -0.25) is 0 Å². The van der Waals surface area contributed by atoms with Gasteiger partial charge in [0.25, 0.3) is 0 Å². The summed E-state index contributed by atoms with van der Waals surface area (Å²) in [6.07, 6.45) is 5.53. The van der Waals surface area contributed by atoms with Crippen molar-refractivity contribution in [3.8, 4) is 0 Å². The molecule has 0 spiro atoms. The largest absolute Gasteiger partial charge is 0.478 e. The first-order valence-corrected chi connectivity index (χ1v) is 6.48. The Morgan fingerprint density at radius 3 is 2.25 bits per heavy atom. The normalized spacial score (nSPS) is 23.8. The zero-order valence-electron chi connectivity index (χ0n) is 11.7. The average Bonchev–Trinajstić information content (AvgIpc) is 3.28. The third-order valence-corrected chi connectivity index (χ3v) is 2.59. The van der Waals surface area contributed by atoms with Gasteiger partial charge in [0.15, 0.2) is 0 Å². The fourth-order valence-electron chi connectivity index (χ4n) is 1.28. The Morgan fingerprint density at radius 2 is 1.85 bits per heavy atom. The second-order valence-corrected chi connectivity index (χ2v) is 4.36. The summed E-state index contributed by atoms with van der Waals surface area (Å²) in [5, 5.41) is 8.53. The van der Waals surface area contributed by atoms with Gasteiger partial charge in [-0.15, -0.1) is 0 Å². The van der Waals surface area contributed by atoms with Gasteiger partial charge < -0.3 is 19.3 Å². The molecule has 2 rings (SSSR count). The highest BCUT2D eigenvalue weighted by Gasteiger charge is 2.25. The smallest absolute Gasteiger partial charge is 0.331 e. The Kier molecular flexibility index (Phi) is 6.97. The first kappa shape index (κ1) is 16.4. The molecule has 6 heteroatoms. The lowest BCUT2D eigenvalue weighted by molar-refractivity contribution is -0.138. The molecule has 2 aliphatic heterocycles. The van der Waals surface area contributed by atoms with Gasteiger partial charge in [0, 0.05) is 18.1 Å². The maximum absolute atomic E-state index is 10.6. The number of hydrogen-bond acceptors (Lipinski definition) is 5. The van der Waals surface area contributed by atoms with Gasteiger partial charge in [-0.05, 0) is 13.8 Å². The summed E-state index contributed by atoms with van der Waals surface area (Å²) < 4.78 is 14.5. The van der Waals surface area contributed by atoms with Crippen LogP contribution in [0.5, 0.6) is 0 Å². The van der Waals surface area contributed by atoms with Gasteiger partial charge in [-0.1, -0.05) is 12.2 Å². The average molecular weight is 284 g/mol. The molecule has 2 atom stereocenters. The van der Waals surface area contributed by atoms with E-state index in [0.717, 1.165) is 6.61 Å². The number of esters is 1. The van der Waals surface area contributed by atoms with Gasteiger partial charge in [-0.25, -0.2) is 9.59 Å². The van der Waals surface area contributed by atoms with E-state index in [2.05, 4.69) is 0 Å². The van der Waals surface area contributed by atoms with Crippen LogP contribution < -0.4 is 0 Å². The summed E-state index contributed by atoms with van der Waals surface area (Å²) >= 11 is 0. The van der Waals surface area contributed by atoms with Crippen LogP contribution in [0.2, 0.25) is 0 Å². The number of rotatable bonds is 6. The maximum Gasteiger partial charge on any atom is 0.331 e. The minimum absolute atomic E-state index is 0.161. The predicted molar refractivity (Wildman–Crippen MR) is 71.3 cm³/mol. The Morgan fingerprint density at radius 1 is 1.25 bits per heavy atom. The van der Waals surface area contributed by atoms with E-state index in [4.69, 9.17) is 19.3 Å². The van der Waals surface area contributed by atoms with Crippen molar-refractivity contribution in [1.82, 2.24) is 0 Å². The molecule has 0 saturated carbocycles. The van der Waals surface area contributed by atoms with E-state index in [0.29, 0.717) is 25.2 Å². The number of carbonyl (C=O) groups is 2. The zero-order chi connectivity index (χ0) is 15.0. The molecule has 1 N–H and O–H groups in total. The molecule has 20 heavy (non-hydrogen) atoms. The predicted octanol–water partition coefficient (Wildman–Crippen LogP) is 1.31. The van der Waals surface area contributed by atoms with Crippen molar-refractivity contribution in [3.63, 3.8) is 0 Å². The van der Waals surface area contributed by atoms with Crippen molar-refractivity contribution < 1.29 is 28.9 Å². The van der Waals surface area contributed by atoms with Crippen molar-refractivity contribution in [2.24, 2.45) is 0 Å². The van der Waals surface area contributed by atoms with Crippen LogP contribution in [-0.2, 0) is 23.8 Å². The Hall–Kier alpha value is -1.66. The monoisotopic (exact) mass is 284 g/mol. The number of carbonyl (C=O) groups excluding carboxylic acids is 1. The highest BCUT2D eigenvalue weighted by molar-refractivity contribution is 5.86. The third kappa shape index (κ3) is 7.70. The van der Waals surface area contributed by atoms with Gasteiger partial charge in [0.05, 0.1) is 19.3 Å². The molecule has 2 unspecified atom stereocenters. The molecule has 0 aromatic rings. The number of carboxylic acid groups (broad SMARTS) is 1. The number of aliphatic carboxylic acids is 1. The summed E-state index contributed by atoms with van der Waals surface area (Å²) in [7, 11) is 0. The molecular weight excluding hydrogens is 264 g/mol. The molecule has 0 aromatic carbocycles. The summed E-state index contributed by atoms with van der Waals surface area (Å²) in [6, 6.07) is 0. The molecule has 112 valence electrons. The second-order valence-electron chi connectivity index (χ2n) is 4.36. The summed E-state index contributed by atoms with van der Waals surface area (Å²) in [4.78, 5) is 21.0. The SMILES string of the molecule is C/C=C(\CC1CO1)C(=O)O.C/C=C/C(=O)OCC1CO1. The molecule has 2 fully saturated rings. The minimum atomic E-state index is -0.835. The maximum atomic E-state index is 10.6. The Balaban J connectivity index is 0.000000200. The van der Waals surface area contributed by atoms with Crippen molar-refractivity contribution in [2.45, 2.75) is 32.5 Å². The molecule has 2 aliphatic rings. The van der Waals surface area contributed by atoms with Crippen LogP contribution in [-0.4, -0.2) is 49.1 Å². The Labute approximate surface area is 118 Å². The summed E-state index contributed by atoms with van der Waals surface area (Å²) in [6.45, 7) is 5.33. The fraction of sp³-hybridized carbons (Fsp3) is 0.571. The third-order valence-electron chi connectivity index (χ3n) is 2.59. The number of ether oxygens (including phenoxy) is 3. The fourth-order valence-corrected chi connectivity index (χ4v) is 1.28. The van der Waals surface area contributed by atoms with Crippen molar-refractivity contribution >= 4 is 11.9 Å². The van der Waals surface area contributed by atoms with Crippen LogP contribution in [0.15, 0.2) is 23.8 Å². The van der Waals surface area contributed by atoms with E-state index in [1.807, 2.05) is 0 Å². The van der Waals surface area contributed by atoms with Crippen LogP contribution in [0.1, 0.15) is 20.3 Å². The molecule has 0 bridgehead atoms. The van der Waals surface area contributed by atoms with Gasteiger partial charge in [0.1, 0.15) is 12.7 Å². The number of allylic oxidation sites excluding steroid dienone is 2. The van der Waals surface area contributed by atoms with Crippen molar-refractivity contribution in [2.75, 3.05) is 19.8 Å². The van der Waals surface area contributed by atoms with E-state index in [1.165, 1.54) is 6.08 Å². The van der Waals surface area contributed by atoms with Crippen LogP contribution in [0.4, 0.5) is 0 Å². The standard InChI is InChI=1S/2C7H10O3/c1-2-5(7(8)9)3-6-4-10-6;1-2-3-7(8)10-5-6-4-9-6/h2,6H,3-4H2,1H3,(H,8,9);2-3,6H,4-5H2,1H3/b5-2+;3-2+. The summed E-state index contributed by atoms with van der Waals surface area (Å²) in [5.41, 5.74) is 0.447. The lowest BCUT2D eigenvalue weighted by Gasteiger charge is -1.95. The highest BCUT2D eigenvalue weighted by Crippen LogP contribution is 2.18. The number of epoxide rings is 2. The van der Waals surface area contributed by atoms with Crippen LogP contribution >= 0.6 is 0 Å². The molecule has 0 amide bonds. The van der Waals surface area contributed by atoms with E-state index in [-0.39, 0.29) is 18.2 Å². The topological polar surface area (TPSA) is 88.7 Å². The van der Waals surface area contributed by atoms with E-state index in [9.17, 15) is 9.59 Å². The molecule has 0 aromatic heterocycles. The van der Waals surface area contributed by atoms with Gasteiger partial charge >= 0.3 is 11.9 Å². The zero-order valence-corrected chi connectivity index (χ0v) is 11.7. The van der Waals surface area contributed by atoms with E-state index in [1.54, 1.807) is 26.0 Å². The van der Waals surface area contributed by atoms with Crippen molar-refractivity contribution in [1.29, 1.82) is 0 Å². The van der Waals surface area contributed by atoms with Crippen LogP contribution in [0, 0.1) is 0 Å². The molecule has 2 saturated heterocycles. The van der Waals surface area contributed by atoms with Gasteiger partial charge in [-0.2, -0.15) is 0 Å². The van der Waals surface area contributed by atoms with E-state index < -0.39 is 5.97 Å². The lowest BCUT2D eigenvalue weighted by Crippen LogP contribution is -2.06. The molecule has 0 aliphatic carbocycles. The van der Waals surface area contributed by atoms with Gasteiger partial charge in [0.2, 0.25) is 0 Å². The molecule has 0 radical (unpaired) electrons. The van der Waals surface area contributed by atoms with Crippen LogP contribution in [0.25, 0.3) is 0 Å². The first-order valence-electron chi connectivity index (χ1n) is 6.48. The lowest BCUT2D eigenvalue weighted by atomic mass is 10.1. The number of carboxylic acids is 1. The molecular formula is C14H20O6. The minimum Gasteiger partial charge on any atom is -0.478 e. The van der Waals surface area contributed by atoms with Crippen LogP contribution in [0.3, 0.4) is 0 Å². The quantitative estimate of drug-likeness (QED) is 0.449. The van der Waals surface area contributed by atoms with E-state index >= 15 is 0 Å².